The van der Waals surface area contributed by atoms with Gasteiger partial charge in [-0.2, -0.15) is 0 Å². The number of pyridine rings is 2. The molecule has 2 aromatic rings. The predicted molar refractivity (Wildman–Crippen MR) is 87.4 cm³/mol. The summed E-state index contributed by atoms with van der Waals surface area (Å²) in [4.78, 5) is 11.0. The lowest BCUT2D eigenvalue weighted by Crippen LogP contribution is -2.19. The second kappa shape index (κ2) is 7.18. The highest BCUT2D eigenvalue weighted by molar-refractivity contribution is 5.43. The van der Waals surface area contributed by atoms with Crippen molar-refractivity contribution in [2.75, 3.05) is 19.0 Å². The smallest absolute Gasteiger partial charge is 0.129 e. The van der Waals surface area contributed by atoms with Crippen molar-refractivity contribution in [2.24, 2.45) is 0 Å². The molecule has 4 heteroatoms. The van der Waals surface area contributed by atoms with Gasteiger partial charge in [0.05, 0.1) is 0 Å². The molecule has 0 atom stereocenters. The molecule has 2 aromatic heterocycles. The van der Waals surface area contributed by atoms with Crippen LogP contribution in [0.3, 0.4) is 0 Å². The van der Waals surface area contributed by atoms with Crippen molar-refractivity contribution in [3.05, 3.63) is 53.5 Å². The van der Waals surface area contributed by atoms with E-state index in [9.17, 15) is 0 Å². The Morgan fingerprint density at radius 1 is 1.14 bits per heavy atom. The average Bonchev–Trinajstić information content (AvgIpc) is 2.48. The molecule has 0 amide bonds. The largest absolute Gasteiger partial charge is 0.355 e. The van der Waals surface area contributed by atoms with E-state index in [0.29, 0.717) is 5.92 Å². The Morgan fingerprint density at radius 2 is 1.86 bits per heavy atom. The zero-order valence-electron chi connectivity index (χ0n) is 13.3. The maximum absolute atomic E-state index is 4.79. The van der Waals surface area contributed by atoms with Crippen LogP contribution in [0.25, 0.3) is 0 Å². The molecule has 0 bridgehead atoms. The zero-order chi connectivity index (χ0) is 15.2. The highest BCUT2D eigenvalue weighted by Gasteiger charge is 2.10. The quantitative estimate of drug-likeness (QED) is 0.885. The summed E-state index contributed by atoms with van der Waals surface area (Å²) in [6.45, 7) is 6.05. The van der Waals surface area contributed by atoms with Crippen LogP contribution in [0.1, 0.15) is 36.6 Å². The summed E-state index contributed by atoms with van der Waals surface area (Å²) in [5.74, 6) is 1.44. The van der Waals surface area contributed by atoms with E-state index in [-0.39, 0.29) is 0 Å². The van der Waals surface area contributed by atoms with Gasteiger partial charge in [-0.25, -0.2) is 4.98 Å². The first kappa shape index (κ1) is 15.4. The van der Waals surface area contributed by atoms with Crippen LogP contribution in [0, 0.1) is 0 Å². The van der Waals surface area contributed by atoms with Crippen molar-refractivity contribution >= 4 is 5.82 Å². The topological polar surface area (TPSA) is 41.1 Å². The molecule has 2 rings (SSSR count). The predicted octanol–water partition coefficient (Wildman–Crippen LogP) is 2.96. The molecule has 112 valence electrons. The van der Waals surface area contributed by atoms with Crippen molar-refractivity contribution in [1.82, 2.24) is 15.3 Å². The third kappa shape index (κ3) is 4.26. The van der Waals surface area contributed by atoms with Crippen molar-refractivity contribution in [1.29, 1.82) is 0 Å². The number of anilines is 1. The summed E-state index contributed by atoms with van der Waals surface area (Å²) in [5.41, 5.74) is 3.64. The standard InChI is InChI=1S/C17H24N4/c1-13(2)16-9-15(11-18-3)10-17(20-16)21(4)12-14-5-7-19-8-6-14/h5-10,13,18H,11-12H2,1-4H3. The van der Waals surface area contributed by atoms with E-state index in [2.05, 4.69) is 48.2 Å². The molecule has 21 heavy (non-hydrogen) atoms. The van der Waals surface area contributed by atoms with Gasteiger partial charge in [0.2, 0.25) is 0 Å². The fraction of sp³-hybridized carbons (Fsp3) is 0.412. The van der Waals surface area contributed by atoms with Gasteiger partial charge in [0.1, 0.15) is 5.82 Å². The van der Waals surface area contributed by atoms with E-state index in [4.69, 9.17) is 4.98 Å². The number of nitrogens with zero attached hydrogens (tertiary/aromatic N) is 3. The van der Waals surface area contributed by atoms with E-state index >= 15 is 0 Å². The van der Waals surface area contributed by atoms with Gasteiger partial charge in [-0.05, 0) is 48.4 Å². The Kier molecular flexibility index (Phi) is 5.28. The minimum atomic E-state index is 0.426. The van der Waals surface area contributed by atoms with E-state index in [1.807, 2.05) is 31.6 Å². The minimum Gasteiger partial charge on any atom is -0.355 e. The van der Waals surface area contributed by atoms with E-state index in [0.717, 1.165) is 24.6 Å². The molecular formula is C17H24N4. The van der Waals surface area contributed by atoms with Gasteiger partial charge >= 0.3 is 0 Å². The maximum Gasteiger partial charge on any atom is 0.129 e. The molecule has 0 radical (unpaired) electrons. The van der Waals surface area contributed by atoms with Gasteiger partial charge in [-0.3, -0.25) is 4.98 Å². The first-order valence-corrected chi connectivity index (χ1v) is 7.35. The number of rotatable bonds is 6. The monoisotopic (exact) mass is 284 g/mol. The highest BCUT2D eigenvalue weighted by Crippen LogP contribution is 2.20. The summed E-state index contributed by atoms with van der Waals surface area (Å²) < 4.78 is 0. The van der Waals surface area contributed by atoms with E-state index in [1.54, 1.807) is 0 Å². The Hall–Kier alpha value is -1.94. The summed E-state index contributed by atoms with van der Waals surface area (Å²) >= 11 is 0. The Bertz CT molecular complexity index is 566. The van der Waals surface area contributed by atoms with Crippen molar-refractivity contribution in [3.63, 3.8) is 0 Å². The summed E-state index contributed by atoms with van der Waals surface area (Å²) in [7, 11) is 4.05. The molecule has 0 aromatic carbocycles. The van der Waals surface area contributed by atoms with Crippen molar-refractivity contribution in [2.45, 2.75) is 32.9 Å². The van der Waals surface area contributed by atoms with Crippen molar-refractivity contribution < 1.29 is 0 Å². The maximum atomic E-state index is 4.79. The van der Waals surface area contributed by atoms with Gasteiger partial charge in [0, 0.05) is 38.2 Å². The Morgan fingerprint density at radius 3 is 2.48 bits per heavy atom. The second-order valence-corrected chi connectivity index (χ2v) is 5.66. The number of nitrogens with one attached hydrogen (secondary N) is 1. The lowest BCUT2D eigenvalue weighted by atomic mass is 10.1. The van der Waals surface area contributed by atoms with Crippen LogP contribution in [-0.4, -0.2) is 24.1 Å². The van der Waals surface area contributed by atoms with Crippen LogP contribution in [0.15, 0.2) is 36.7 Å². The highest BCUT2D eigenvalue weighted by atomic mass is 15.2. The normalized spacial score (nSPS) is 10.9. The van der Waals surface area contributed by atoms with Gasteiger partial charge < -0.3 is 10.2 Å². The lowest BCUT2D eigenvalue weighted by molar-refractivity contribution is 0.777. The number of hydrogen-bond acceptors (Lipinski definition) is 4. The molecule has 0 saturated heterocycles. The second-order valence-electron chi connectivity index (χ2n) is 5.66. The molecule has 0 aliphatic heterocycles. The van der Waals surface area contributed by atoms with Crippen LogP contribution in [0.5, 0.6) is 0 Å². The van der Waals surface area contributed by atoms with Crippen LogP contribution in [-0.2, 0) is 13.1 Å². The van der Waals surface area contributed by atoms with E-state index < -0.39 is 0 Å². The number of aromatic nitrogens is 2. The van der Waals surface area contributed by atoms with Crippen LogP contribution < -0.4 is 10.2 Å². The molecule has 0 spiro atoms. The minimum absolute atomic E-state index is 0.426. The van der Waals surface area contributed by atoms with Gasteiger partial charge in [-0.1, -0.05) is 13.8 Å². The Labute approximate surface area is 127 Å². The van der Waals surface area contributed by atoms with Crippen LogP contribution in [0.2, 0.25) is 0 Å². The van der Waals surface area contributed by atoms with Gasteiger partial charge in [0.15, 0.2) is 0 Å². The lowest BCUT2D eigenvalue weighted by Gasteiger charge is -2.21. The van der Waals surface area contributed by atoms with Crippen LogP contribution in [0.4, 0.5) is 5.82 Å². The zero-order valence-corrected chi connectivity index (χ0v) is 13.3. The van der Waals surface area contributed by atoms with Gasteiger partial charge in [-0.15, -0.1) is 0 Å². The summed E-state index contributed by atoms with van der Waals surface area (Å²) in [6.07, 6.45) is 3.65. The molecule has 2 heterocycles. The molecule has 4 nitrogen and oxygen atoms in total. The third-order valence-electron chi connectivity index (χ3n) is 3.42. The van der Waals surface area contributed by atoms with E-state index in [1.165, 1.54) is 11.1 Å². The number of hydrogen-bond donors (Lipinski definition) is 1. The summed E-state index contributed by atoms with van der Waals surface area (Å²) in [6, 6.07) is 8.42. The molecule has 0 saturated carbocycles. The fourth-order valence-corrected chi connectivity index (χ4v) is 2.23. The summed E-state index contributed by atoms with van der Waals surface area (Å²) in [5, 5.41) is 3.21. The molecular weight excluding hydrogens is 260 g/mol. The first-order valence-electron chi connectivity index (χ1n) is 7.35. The van der Waals surface area contributed by atoms with Crippen molar-refractivity contribution in [3.8, 4) is 0 Å². The molecule has 0 aliphatic rings. The molecule has 0 fully saturated rings. The average molecular weight is 284 g/mol. The third-order valence-corrected chi connectivity index (χ3v) is 3.42. The fourth-order valence-electron chi connectivity index (χ4n) is 2.23. The first-order chi connectivity index (χ1) is 10.1. The van der Waals surface area contributed by atoms with Crippen LogP contribution >= 0.6 is 0 Å². The van der Waals surface area contributed by atoms with Gasteiger partial charge in [0.25, 0.3) is 0 Å². The molecule has 0 unspecified atom stereocenters. The molecule has 1 N–H and O–H groups in total. The molecule has 0 aliphatic carbocycles. The Balaban J connectivity index is 2.24. The SMILES string of the molecule is CNCc1cc(C(C)C)nc(N(C)Cc2ccncc2)c1.